The number of hydrogen-bond donors (Lipinski definition) is 1. The van der Waals surface area contributed by atoms with Crippen molar-refractivity contribution in [3.63, 3.8) is 0 Å². The minimum absolute atomic E-state index is 0.612. The average molecular weight is 252 g/mol. The van der Waals surface area contributed by atoms with Gasteiger partial charge in [-0.2, -0.15) is 0 Å². The lowest BCUT2D eigenvalue weighted by atomic mass is 9.84. The monoisotopic (exact) mass is 252 g/mol. The van der Waals surface area contributed by atoms with Crippen LogP contribution >= 0.6 is 0 Å². The van der Waals surface area contributed by atoms with Gasteiger partial charge in [-0.05, 0) is 51.1 Å². The minimum atomic E-state index is 0.612. The summed E-state index contributed by atoms with van der Waals surface area (Å²) in [6.07, 6.45) is 7.35. The molecule has 0 radical (unpaired) electrons. The maximum Gasteiger partial charge on any atom is 0.0127 e. The Balaban J connectivity index is 1.86. The first-order valence-corrected chi connectivity index (χ1v) is 8.08. The second-order valence-corrected chi connectivity index (χ2v) is 6.92. The van der Waals surface area contributed by atoms with Crippen LogP contribution in [-0.4, -0.2) is 36.1 Å². The van der Waals surface area contributed by atoms with Gasteiger partial charge in [0.15, 0.2) is 0 Å². The molecule has 1 heterocycles. The van der Waals surface area contributed by atoms with E-state index in [1.165, 1.54) is 38.6 Å². The molecule has 2 aliphatic rings. The third kappa shape index (κ3) is 3.27. The van der Waals surface area contributed by atoms with Gasteiger partial charge in [-0.25, -0.2) is 0 Å². The number of hydrogen-bond acceptors (Lipinski definition) is 2. The van der Waals surface area contributed by atoms with Gasteiger partial charge in [-0.3, -0.25) is 4.90 Å². The SMILES string of the molecule is CC(C)NCC(C)C(C)N1CCC2CCCCC21. The predicted octanol–water partition coefficient (Wildman–Crippen LogP) is 3.27. The molecule has 1 aliphatic heterocycles. The molecule has 0 bridgehead atoms. The Bertz CT molecular complexity index is 251. The first-order chi connectivity index (χ1) is 8.59. The molecule has 106 valence electrons. The smallest absolute Gasteiger partial charge is 0.0127 e. The van der Waals surface area contributed by atoms with Crippen molar-refractivity contribution >= 4 is 0 Å². The number of fused-ring (bicyclic) bond motifs is 1. The lowest BCUT2D eigenvalue weighted by molar-refractivity contribution is 0.108. The molecule has 18 heavy (non-hydrogen) atoms. The Labute approximate surface area is 114 Å². The molecule has 4 unspecified atom stereocenters. The minimum Gasteiger partial charge on any atom is -0.314 e. The van der Waals surface area contributed by atoms with Crippen LogP contribution < -0.4 is 5.32 Å². The Kier molecular flexibility index (Phi) is 5.08. The van der Waals surface area contributed by atoms with Crippen molar-refractivity contribution in [2.75, 3.05) is 13.1 Å². The zero-order valence-electron chi connectivity index (χ0n) is 12.8. The van der Waals surface area contributed by atoms with Crippen molar-refractivity contribution in [2.45, 2.75) is 77.9 Å². The van der Waals surface area contributed by atoms with Crippen LogP contribution in [-0.2, 0) is 0 Å². The highest BCUT2D eigenvalue weighted by molar-refractivity contribution is 4.93. The van der Waals surface area contributed by atoms with Crippen LogP contribution in [0.5, 0.6) is 0 Å². The van der Waals surface area contributed by atoms with Crippen LogP contribution in [0.1, 0.15) is 59.8 Å². The van der Waals surface area contributed by atoms with Crippen LogP contribution in [0.2, 0.25) is 0 Å². The molecular formula is C16H32N2. The summed E-state index contributed by atoms with van der Waals surface area (Å²) in [5.74, 6) is 1.78. The van der Waals surface area contributed by atoms with E-state index in [9.17, 15) is 0 Å². The quantitative estimate of drug-likeness (QED) is 0.808. The van der Waals surface area contributed by atoms with Crippen LogP contribution in [0.15, 0.2) is 0 Å². The van der Waals surface area contributed by atoms with Crippen molar-refractivity contribution in [2.24, 2.45) is 11.8 Å². The van der Waals surface area contributed by atoms with E-state index in [-0.39, 0.29) is 0 Å². The van der Waals surface area contributed by atoms with Crippen molar-refractivity contribution in [3.8, 4) is 0 Å². The molecule has 0 spiro atoms. The summed E-state index contributed by atoms with van der Waals surface area (Å²) in [4.78, 5) is 2.83. The Morgan fingerprint density at radius 3 is 2.50 bits per heavy atom. The second-order valence-electron chi connectivity index (χ2n) is 6.92. The fourth-order valence-electron chi connectivity index (χ4n) is 3.87. The summed E-state index contributed by atoms with van der Waals surface area (Å²) < 4.78 is 0. The van der Waals surface area contributed by atoms with E-state index < -0.39 is 0 Å². The normalized spacial score (nSPS) is 32.5. The average Bonchev–Trinajstić information content (AvgIpc) is 2.78. The fourth-order valence-corrected chi connectivity index (χ4v) is 3.87. The van der Waals surface area contributed by atoms with Gasteiger partial charge in [0.05, 0.1) is 0 Å². The van der Waals surface area contributed by atoms with E-state index in [4.69, 9.17) is 0 Å². The van der Waals surface area contributed by atoms with Gasteiger partial charge < -0.3 is 5.32 Å². The molecule has 2 rings (SSSR count). The van der Waals surface area contributed by atoms with Crippen LogP contribution in [0.3, 0.4) is 0 Å². The van der Waals surface area contributed by atoms with Gasteiger partial charge in [-0.15, -0.1) is 0 Å². The summed E-state index contributed by atoms with van der Waals surface area (Å²) >= 11 is 0. The molecule has 1 N–H and O–H groups in total. The Morgan fingerprint density at radius 1 is 1.06 bits per heavy atom. The molecule has 0 aromatic heterocycles. The largest absolute Gasteiger partial charge is 0.314 e. The summed E-state index contributed by atoms with van der Waals surface area (Å²) in [5, 5.41) is 3.59. The van der Waals surface area contributed by atoms with Gasteiger partial charge in [-0.1, -0.05) is 33.6 Å². The zero-order chi connectivity index (χ0) is 13.1. The van der Waals surface area contributed by atoms with E-state index in [1.807, 2.05) is 0 Å². The van der Waals surface area contributed by atoms with E-state index >= 15 is 0 Å². The van der Waals surface area contributed by atoms with Gasteiger partial charge in [0.2, 0.25) is 0 Å². The summed E-state index contributed by atoms with van der Waals surface area (Å²) in [7, 11) is 0. The molecule has 2 nitrogen and oxygen atoms in total. The number of nitrogens with one attached hydrogen (secondary N) is 1. The standard InChI is InChI=1S/C16H32N2/c1-12(2)17-11-13(3)14(4)18-10-9-15-7-5-6-8-16(15)18/h12-17H,5-11H2,1-4H3. The molecule has 2 heteroatoms. The number of rotatable bonds is 5. The van der Waals surface area contributed by atoms with E-state index in [0.717, 1.165) is 30.5 Å². The zero-order valence-corrected chi connectivity index (χ0v) is 12.8. The van der Waals surface area contributed by atoms with Crippen molar-refractivity contribution in [1.82, 2.24) is 10.2 Å². The van der Waals surface area contributed by atoms with Gasteiger partial charge in [0.25, 0.3) is 0 Å². The first-order valence-electron chi connectivity index (χ1n) is 8.08. The predicted molar refractivity (Wildman–Crippen MR) is 78.8 cm³/mol. The number of likely N-dealkylation sites (tertiary alicyclic amines) is 1. The topological polar surface area (TPSA) is 15.3 Å². The van der Waals surface area contributed by atoms with Crippen molar-refractivity contribution in [1.29, 1.82) is 0 Å². The van der Waals surface area contributed by atoms with Gasteiger partial charge in [0, 0.05) is 18.1 Å². The third-order valence-electron chi connectivity index (χ3n) is 5.25. The number of nitrogens with zero attached hydrogens (tertiary/aromatic N) is 1. The molecule has 4 atom stereocenters. The first kappa shape index (κ1) is 14.3. The van der Waals surface area contributed by atoms with Crippen LogP contribution in [0.25, 0.3) is 0 Å². The molecule has 0 aromatic rings. The highest BCUT2D eigenvalue weighted by Gasteiger charge is 2.38. The van der Waals surface area contributed by atoms with Crippen molar-refractivity contribution in [3.05, 3.63) is 0 Å². The Hall–Kier alpha value is -0.0800. The molecule has 1 saturated heterocycles. The van der Waals surface area contributed by atoms with Gasteiger partial charge >= 0.3 is 0 Å². The fraction of sp³-hybridized carbons (Fsp3) is 1.00. The third-order valence-corrected chi connectivity index (χ3v) is 5.25. The molecular weight excluding hydrogens is 220 g/mol. The van der Waals surface area contributed by atoms with Crippen LogP contribution in [0.4, 0.5) is 0 Å². The van der Waals surface area contributed by atoms with E-state index in [1.54, 1.807) is 0 Å². The molecule has 0 amide bonds. The van der Waals surface area contributed by atoms with Gasteiger partial charge in [0.1, 0.15) is 0 Å². The molecule has 1 aliphatic carbocycles. The maximum atomic E-state index is 3.59. The molecule has 1 saturated carbocycles. The summed E-state index contributed by atoms with van der Waals surface area (Å²) in [6.45, 7) is 11.9. The summed E-state index contributed by atoms with van der Waals surface area (Å²) in [6, 6.07) is 2.26. The lowest BCUT2D eigenvalue weighted by Gasteiger charge is -2.38. The summed E-state index contributed by atoms with van der Waals surface area (Å²) in [5.41, 5.74) is 0. The Morgan fingerprint density at radius 2 is 1.78 bits per heavy atom. The highest BCUT2D eigenvalue weighted by Crippen LogP contribution is 2.38. The molecule has 0 aromatic carbocycles. The van der Waals surface area contributed by atoms with Crippen molar-refractivity contribution < 1.29 is 0 Å². The van der Waals surface area contributed by atoms with E-state index in [2.05, 4.69) is 37.9 Å². The lowest BCUT2D eigenvalue weighted by Crippen LogP contribution is -2.46. The second kappa shape index (κ2) is 6.38. The maximum absolute atomic E-state index is 3.59. The highest BCUT2D eigenvalue weighted by atomic mass is 15.2. The molecule has 2 fully saturated rings. The van der Waals surface area contributed by atoms with Crippen LogP contribution in [0, 0.1) is 11.8 Å². The van der Waals surface area contributed by atoms with E-state index in [0.29, 0.717) is 6.04 Å².